The Morgan fingerprint density at radius 3 is 2.64 bits per heavy atom. The molecule has 0 amide bonds. The average molecular weight is 582 g/mol. The second kappa shape index (κ2) is 13.3. The Morgan fingerprint density at radius 2 is 1.90 bits per heavy atom. The summed E-state index contributed by atoms with van der Waals surface area (Å²) in [6, 6.07) is 10.5. The molecule has 0 spiro atoms. The third kappa shape index (κ3) is 6.57. The van der Waals surface area contributed by atoms with E-state index in [9.17, 15) is 13.9 Å². The maximum atomic E-state index is 15.0. The van der Waals surface area contributed by atoms with Gasteiger partial charge < -0.3 is 14.7 Å². The van der Waals surface area contributed by atoms with E-state index in [2.05, 4.69) is 48.4 Å². The SMILES string of the molecule is CCCCOc1ccccc1N1CCN(CCc2nnnn2C(C)C(O)(Cn2cncn2)c2ccc(F)cc2F)CC1. The zero-order valence-corrected chi connectivity index (χ0v) is 24.0. The lowest BCUT2D eigenvalue weighted by Gasteiger charge is -2.37. The number of benzene rings is 2. The number of tetrazole rings is 1. The summed E-state index contributed by atoms with van der Waals surface area (Å²) < 4.78 is 37.7. The van der Waals surface area contributed by atoms with E-state index in [-0.39, 0.29) is 12.1 Å². The molecule has 11 nitrogen and oxygen atoms in total. The van der Waals surface area contributed by atoms with Crippen LogP contribution in [0.1, 0.15) is 44.1 Å². The normalized spacial score (nSPS) is 16.4. The number of aliphatic hydroxyl groups is 1. The van der Waals surface area contributed by atoms with Crippen molar-refractivity contribution < 1.29 is 18.6 Å². The molecular formula is C29H37F2N9O2. The second-order valence-electron chi connectivity index (χ2n) is 10.6. The summed E-state index contributed by atoms with van der Waals surface area (Å²) >= 11 is 0. The fourth-order valence-corrected chi connectivity index (χ4v) is 5.36. The molecule has 0 saturated carbocycles. The van der Waals surface area contributed by atoms with Gasteiger partial charge in [-0.3, -0.25) is 4.90 Å². The van der Waals surface area contributed by atoms with Gasteiger partial charge in [-0.1, -0.05) is 31.5 Å². The van der Waals surface area contributed by atoms with E-state index >= 15 is 0 Å². The van der Waals surface area contributed by atoms with Crippen LogP contribution in [-0.2, 0) is 18.6 Å². The molecule has 1 saturated heterocycles. The molecule has 2 atom stereocenters. The molecule has 4 aromatic rings. The van der Waals surface area contributed by atoms with Gasteiger partial charge in [-0.05, 0) is 42.0 Å². The molecule has 1 aliphatic heterocycles. The predicted molar refractivity (Wildman–Crippen MR) is 152 cm³/mol. The third-order valence-corrected chi connectivity index (χ3v) is 7.87. The number of piperazine rings is 1. The van der Waals surface area contributed by atoms with Gasteiger partial charge in [0.1, 0.15) is 35.6 Å². The van der Waals surface area contributed by atoms with E-state index in [0.29, 0.717) is 25.4 Å². The van der Waals surface area contributed by atoms with E-state index < -0.39 is 23.3 Å². The van der Waals surface area contributed by atoms with Crippen LogP contribution in [0.3, 0.4) is 0 Å². The van der Waals surface area contributed by atoms with Crippen molar-refractivity contribution >= 4 is 5.69 Å². The summed E-state index contributed by atoms with van der Waals surface area (Å²) in [6.45, 7) is 8.57. The number of para-hydroxylation sites is 2. The van der Waals surface area contributed by atoms with Crippen molar-refractivity contribution in [2.24, 2.45) is 0 Å². The third-order valence-electron chi connectivity index (χ3n) is 7.87. The highest BCUT2D eigenvalue weighted by atomic mass is 19.1. The molecule has 0 radical (unpaired) electrons. The molecule has 1 N–H and O–H groups in total. The van der Waals surface area contributed by atoms with Gasteiger partial charge >= 0.3 is 0 Å². The summed E-state index contributed by atoms with van der Waals surface area (Å²) in [5.74, 6) is -0.125. The molecule has 5 rings (SSSR count). The quantitative estimate of drug-likeness (QED) is 0.238. The van der Waals surface area contributed by atoms with Crippen molar-refractivity contribution in [2.75, 3.05) is 44.2 Å². The zero-order valence-electron chi connectivity index (χ0n) is 24.0. The van der Waals surface area contributed by atoms with Crippen molar-refractivity contribution in [1.29, 1.82) is 0 Å². The number of ether oxygens (including phenoxy) is 1. The predicted octanol–water partition coefficient (Wildman–Crippen LogP) is 3.24. The van der Waals surface area contributed by atoms with Crippen LogP contribution in [0, 0.1) is 11.6 Å². The number of hydrogen-bond acceptors (Lipinski definition) is 9. The van der Waals surface area contributed by atoms with Crippen LogP contribution < -0.4 is 9.64 Å². The summed E-state index contributed by atoms with van der Waals surface area (Å²) in [5.41, 5.74) is -0.817. The highest BCUT2D eigenvalue weighted by molar-refractivity contribution is 5.58. The van der Waals surface area contributed by atoms with Crippen molar-refractivity contribution in [1.82, 2.24) is 39.9 Å². The maximum Gasteiger partial charge on any atom is 0.153 e. The van der Waals surface area contributed by atoms with Crippen LogP contribution in [0.2, 0.25) is 0 Å². The van der Waals surface area contributed by atoms with Crippen molar-refractivity contribution in [3.05, 3.63) is 78.1 Å². The van der Waals surface area contributed by atoms with Gasteiger partial charge in [-0.25, -0.2) is 23.1 Å². The minimum absolute atomic E-state index is 0.0802. The molecule has 42 heavy (non-hydrogen) atoms. The van der Waals surface area contributed by atoms with Gasteiger partial charge in [-0.2, -0.15) is 5.10 Å². The fourth-order valence-electron chi connectivity index (χ4n) is 5.36. The smallest absolute Gasteiger partial charge is 0.153 e. The average Bonchev–Trinajstić information content (AvgIpc) is 3.68. The number of aromatic nitrogens is 7. The first-order valence-corrected chi connectivity index (χ1v) is 14.3. The molecule has 2 aromatic heterocycles. The minimum atomic E-state index is -1.85. The number of nitrogens with zero attached hydrogens (tertiary/aromatic N) is 9. The van der Waals surface area contributed by atoms with Crippen molar-refractivity contribution in [2.45, 2.75) is 51.3 Å². The molecular weight excluding hydrogens is 544 g/mol. The summed E-state index contributed by atoms with van der Waals surface area (Å²) in [5, 5.41) is 28.3. The monoisotopic (exact) mass is 581 g/mol. The summed E-state index contributed by atoms with van der Waals surface area (Å²) in [6.07, 6.45) is 5.39. The molecule has 2 aromatic carbocycles. The van der Waals surface area contributed by atoms with Crippen LogP contribution >= 0.6 is 0 Å². The van der Waals surface area contributed by atoms with E-state index in [1.807, 2.05) is 18.2 Å². The molecule has 1 aliphatic rings. The van der Waals surface area contributed by atoms with E-state index in [1.165, 1.54) is 28.1 Å². The molecule has 2 unspecified atom stereocenters. The standard InChI is InChI=1S/C29H37F2N9O2/c1-3-4-17-42-27-8-6-5-7-26(27)38-15-13-37(14-16-38)12-11-28-34-35-36-40(28)22(2)29(41,19-39-21-32-20-33-39)24-10-9-23(30)18-25(24)31/h5-10,18,20-22,41H,3-4,11-17,19H2,1-2H3. The van der Waals surface area contributed by atoms with Crippen molar-refractivity contribution in [3.8, 4) is 5.75 Å². The first kappa shape index (κ1) is 29.5. The van der Waals surface area contributed by atoms with E-state index in [0.717, 1.165) is 62.6 Å². The van der Waals surface area contributed by atoms with Crippen molar-refractivity contribution in [3.63, 3.8) is 0 Å². The van der Waals surface area contributed by atoms with Crippen LogP contribution in [0.15, 0.2) is 55.1 Å². The van der Waals surface area contributed by atoms with Gasteiger partial charge in [0.15, 0.2) is 5.82 Å². The highest BCUT2D eigenvalue weighted by Gasteiger charge is 2.42. The van der Waals surface area contributed by atoms with Gasteiger partial charge in [0.25, 0.3) is 0 Å². The molecule has 13 heteroatoms. The topological polar surface area (TPSA) is 110 Å². The molecule has 1 fully saturated rings. The Morgan fingerprint density at radius 1 is 1.10 bits per heavy atom. The number of halogens is 2. The largest absolute Gasteiger partial charge is 0.491 e. The Kier molecular flexibility index (Phi) is 9.38. The summed E-state index contributed by atoms with van der Waals surface area (Å²) in [4.78, 5) is 8.63. The second-order valence-corrected chi connectivity index (χ2v) is 10.6. The van der Waals surface area contributed by atoms with E-state index in [1.54, 1.807) is 6.92 Å². The van der Waals surface area contributed by atoms with Crippen LogP contribution in [0.25, 0.3) is 0 Å². The van der Waals surface area contributed by atoms with Gasteiger partial charge in [0, 0.05) is 50.8 Å². The Hall–Kier alpha value is -3.97. The lowest BCUT2D eigenvalue weighted by Crippen LogP contribution is -2.47. The maximum absolute atomic E-state index is 15.0. The molecule has 224 valence electrons. The van der Waals surface area contributed by atoms with E-state index in [4.69, 9.17) is 4.74 Å². The van der Waals surface area contributed by atoms with Gasteiger partial charge in [0.05, 0.1) is 24.9 Å². The lowest BCUT2D eigenvalue weighted by molar-refractivity contribution is -0.0384. The Labute approximate surface area is 243 Å². The summed E-state index contributed by atoms with van der Waals surface area (Å²) in [7, 11) is 0. The van der Waals surface area contributed by atoms with Crippen LogP contribution in [0.5, 0.6) is 5.75 Å². The molecule has 0 aliphatic carbocycles. The van der Waals surface area contributed by atoms with Crippen LogP contribution in [-0.4, -0.2) is 84.3 Å². The number of unbranched alkanes of at least 4 members (excludes halogenated alkanes) is 1. The number of hydrogen-bond donors (Lipinski definition) is 1. The molecule has 0 bridgehead atoms. The van der Waals surface area contributed by atoms with Crippen LogP contribution in [0.4, 0.5) is 14.5 Å². The zero-order chi connectivity index (χ0) is 29.5. The lowest BCUT2D eigenvalue weighted by atomic mass is 9.86. The van der Waals surface area contributed by atoms with Gasteiger partial charge in [0.2, 0.25) is 0 Å². The first-order valence-electron chi connectivity index (χ1n) is 14.3. The molecule has 3 heterocycles. The highest BCUT2D eigenvalue weighted by Crippen LogP contribution is 2.37. The number of anilines is 1. The first-order chi connectivity index (χ1) is 20.4. The minimum Gasteiger partial charge on any atom is -0.491 e. The van der Waals surface area contributed by atoms with Gasteiger partial charge in [-0.15, -0.1) is 5.10 Å². The Bertz CT molecular complexity index is 1430. The number of rotatable bonds is 13. The fraction of sp³-hybridized carbons (Fsp3) is 0.483. The Balaban J connectivity index is 1.25.